The molecule has 6 nitrogen and oxygen atoms in total. The van der Waals surface area contributed by atoms with Crippen LogP contribution in [-0.4, -0.2) is 40.5 Å². The molecule has 6 heteroatoms. The molecule has 0 saturated carbocycles. The van der Waals surface area contributed by atoms with Crippen LogP contribution in [0.1, 0.15) is 27.9 Å². The third-order valence-corrected chi connectivity index (χ3v) is 4.15. The molecule has 1 aromatic carbocycles. The van der Waals surface area contributed by atoms with Gasteiger partial charge < -0.3 is 14.1 Å². The van der Waals surface area contributed by atoms with Crippen molar-refractivity contribution in [1.29, 1.82) is 0 Å². The zero-order valence-electron chi connectivity index (χ0n) is 13.3. The SMILES string of the molecule is Cc1cc2cc(C(=O)N3CCO[C@@H](c4cnccn4)C3)ccc2o1. The second kappa shape index (κ2) is 6.05. The van der Waals surface area contributed by atoms with E-state index in [-0.39, 0.29) is 12.0 Å². The van der Waals surface area contributed by atoms with Crippen molar-refractivity contribution in [2.24, 2.45) is 0 Å². The molecule has 4 rings (SSSR count). The second-order valence-corrected chi connectivity index (χ2v) is 5.85. The molecule has 3 heterocycles. The van der Waals surface area contributed by atoms with E-state index in [0.717, 1.165) is 22.4 Å². The summed E-state index contributed by atoms with van der Waals surface area (Å²) >= 11 is 0. The van der Waals surface area contributed by atoms with Gasteiger partial charge in [0.05, 0.1) is 25.0 Å². The minimum atomic E-state index is -0.240. The van der Waals surface area contributed by atoms with E-state index < -0.39 is 0 Å². The zero-order chi connectivity index (χ0) is 16.5. The van der Waals surface area contributed by atoms with Gasteiger partial charge >= 0.3 is 0 Å². The van der Waals surface area contributed by atoms with Crippen molar-refractivity contribution in [1.82, 2.24) is 14.9 Å². The monoisotopic (exact) mass is 323 g/mol. The van der Waals surface area contributed by atoms with Crippen LogP contribution >= 0.6 is 0 Å². The Hall–Kier alpha value is -2.73. The first-order valence-electron chi connectivity index (χ1n) is 7.88. The van der Waals surface area contributed by atoms with E-state index in [1.807, 2.05) is 25.1 Å². The number of nitrogens with zero attached hydrogens (tertiary/aromatic N) is 3. The van der Waals surface area contributed by atoms with Crippen LogP contribution in [0.2, 0.25) is 0 Å². The Bertz CT molecular complexity index is 876. The minimum absolute atomic E-state index is 0.00653. The fourth-order valence-electron chi connectivity index (χ4n) is 2.98. The molecule has 0 N–H and O–H groups in total. The van der Waals surface area contributed by atoms with Gasteiger partial charge in [0.25, 0.3) is 5.91 Å². The fourth-order valence-corrected chi connectivity index (χ4v) is 2.98. The van der Waals surface area contributed by atoms with Crippen LogP contribution in [-0.2, 0) is 4.74 Å². The number of carbonyl (C=O) groups is 1. The highest BCUT2D eigenvalue weighted by molar-refractivity contribution is 5.97. The van der Waals surface area contributed by atoms with Crippen LogP contribution in [0, 0.1) is 6.92 Å². The number of ether oxygens (including phenoxy) is 1. The number of carbonyl (C=O) groups excluding carboxylic acids is 1. The molecule has 1 aliphatic rings. The number of amides is 1. The summed E-state index contributed by atoms with van der Waals surface area (Å²) in [7, 11) is 0. The lowest BCUT2D eigenvalue weighted by atomic mass is 10.1. The Morgan fingerprint density at radius 2 is 2.21 bits per heavy atom. The largest absolute Gasteiger partial charge is 0.461 e. The van der Waals surface area contributed by atoms with Gasteiger partial charge in [-0.1, -0.05) is 0 Å². The fraction of sp³-hybridized carbons (Fsp3) is 0.278. The van der Waals surface area contributed by atoms with Crippen molar-refractivity contribution in [3.8, 4) is 0 Å². The molecule has 0 unspecified atom stereocenters. The highest BCUT2D eigenvalue weighted by atomic mass is 16.5. The Balaban J connectivity index is 1.56. The molecule has 1 saturated heterocycles. The van der Waals surface area contributed by atoms with Crippen molar-refractivity contribution >= 4 is 16.9 Å². The molecule has 1 atom stereocenters. The maximum Gasteiger partial charge on any atom is 0.254 e. The maximum atomic E-state index is 12.8. The van der Waals surface area contributed by atoms with Crippen molar-refractivity contribution in [3.05, 3.63) is 59.9 Å². The lowest BCUT2D eigenvalue weighted by molar-refractivity contribution is -0.0248. The first kappa shape index (κ1) is 14.8. The number of hydrogen-bond donors (Lipinski definition) is 0. The molecule has 0 spiro atoms. The summed E-state index contributed by atoms with van der Waals surface area (Å²) in [6.45, 7) is 3.42. The van der Waals surface area contributed by atoms with Gasteiger partial charge in [-0.3, -0.25) is 14.8 Å². The molecule has 0 radical (unpaired) electrons. The van der Waals surface area contributed by atoms with Crippen molar-refractivity contribution in [2.45, 2.75) is 13.0 Å². The normalized spacial score (nSPS) is 18.0. The lowest BCUT2D eigenvalue weighted by Crippen LogP contribution is -2.42. The number of morpholine rings is 1. The van der Waals surface area contributed by atoms with Crippen molar-refractivity contribution < 1.29 is 13.9 Å². The average molecular weight is 323 g/mol. The van der Waals surface area contributed by atoms with E-state index in [1.165, 1.54) is 0 Å². The van der Waals surface area contributed by atoms with Gasteiger partial charge in [-0.2, -0.15) is 0 Å². The molecule has 1 fully saturated rings. The van der Waals surface area contributed by atoms with Crippen LogP contribution in [0.3, 0.4) is 0 Å². The number of aromatic nitrogens is 2. The Labute approximate surface area is 139 Å². The lowest BCUT2D eigenvalue weighted by Gasteiger charge is -2.32. The number of hydrogen-bond acceptors (Lipinski definition) is 5. The third-order valence-electron chi connectivity index (χ3n) is 4.15. The molecule has 24 heavy (non-hydrogen) atoms. The number of rotatable bonds is 2. The van der Waals surface area contributed by atoms with Crippen molar-refractivity contribution in [2.75, 3.05) is 19.7 Å². The first-order chi connectivity index (χ1) is 11.7. The van der Waals surface area contributed by atoms with E-state index in [4.69, 9.17) is 9.15 Å². The summed E-state index contributed by atoms with van der Waals surface area (Å²) in [6, 6.07) is 7.46. The highest BCUT2D eigenvalue weighted by Crippen LogP contribution is 2.24. The maximum absolute atomic E-state index is 12.8. The summed E-state index contributed by atoms with van der Waals surface area (Å²) in [5.74, 6) is 0.830. The molecule has 0 bridgehead atoms. The van der Waals surface area contributed by atoms with E-state index in [9.17, 15) is 4.79 Å². The van der Waals surface area contributed by atoms with E-state index in [0.29, 0.717) is 25.3 Å². The minimum Gasteiger partial charge on any atom is -0.461 e. The number of furan rings is 1. The van der Waals surface area contributed by atoms with Gasteiger partial charge in [0.1, 0.15) is 17.4 Å². The molecule has 0 aliphatic carbocycles. The summed E-state index contributed by atoms with van der Waals surface area (Å²) < 4.78 is 11.3. The molecule has 1 aliphatic heterocycles. The predicted molar refractivity (Wildman–Crippen MR) is 87.6 cm³/mol. The summed E-state index contributed by atoms with van der Waals surface area (Å²) in [5.41, 5.74) is 2.20. The van der Waals surface area contributed by atoms with E-state index >= 15 is 0 Å². The molecular formula is C18H17N3O3. The smallest absolute Gasteiger partial charge is 0.254 e. The quantitative estimate of drug-likeness (QED) is 0.725. The molecular weight excluding hydrogens is 306 g/mol. The summed E-state index contributed by atoms with van der Waals surface area (Å²) in [6.07, 6.45) is 4.70. The van der Waals surface area contributed by atoms with Crippen molar-refractivity contribution in [3.63, 3.8) is 0 Å². The molecule has 3 aromatic rings. The van der Waals surface area contributed by atoms with E-state index in [2.05, 4.69) is 9.97 Å². The molecule has 2 aromatic heterocycles. The van der Waals surface area contributed by atoms with Crippen LogP contribution in [0.5, 0.6) is 0 Å². The van der Waals surface area contributed by atoms with Gasteiger partial charge in [0, 0.05) is 29.9 Å². The van der Waals surface area contributed by atoms with Gasteiger partial charge in [-0.15, -0.1) is 0 Å². The van der Waals surface area contributed by atoms with E-state index in [1.54, 1.807) is 29.6 Å². The highest BCUT2D eigenvalue weighted by Gasteiger charge is 2.27. The van der Waals surface area contributed by atoms with Gasteiger partial charge in [-0.05, 0) is 31.2 Å². The predicted octanol–water partition coefficient (Wildman–Crippen LogP) is 2.74. The third kappa shape index (κ3) is 2.76. The standard InChI is InChI=1S/C18H17N3O3/c1-12-8-14-9-13(2-3-16(14)24-12)18(22)21-6-7-23-17(11-21)15-10-19-4-5-20-15/h2-5,8-10,17H,6-7,11H2,1H3/t17-/m1/s1. The summed E-state index contributed by atoms with van der Waals surface area (Å²) in [4.78, 5) is 23.0. The van der Waals surface area contributed by atoms with Crippen LogP contribution in [0.4, 0.5) is 0 Å². The van der Waals surface area contributed by atoms with Crippen LogP contribution < -0.4 is 0 Å². The van der Waals surface area contributed by atoms with Gasteiger partial charge in [0.2, 0.25) is 0 Å². The van der Waals surface area contributed by atoms with Crippen LogP contribution in [0.25, 0.3) is 11.0 Å². The average Bonchev–Trinajstić information content (AvgIpc) is 3.01. The Morgan fingerprint density at radius 1 is 1.29 bits per heavy atom. The zero-order valence-corrected chi connectivity index (χ0v) is 13.3. The number of fused-ring (bicyclic) bond motifs is 1. The summed E-state index contributed by atoms with van der Waals surface area (Å²) in [5, 5.41) is 0.942. The number of benzene rings is 1. The number of aryl methyl sites for hydroxylation is 1. The molecule has 122 valence electrons. The second-order valence-electron chi connectivity index (χ2n) is 5.85. The van der Waals surface area contributed by atoms with Gasteiger partial charge in [0.15, 0.2) is 0 Å². The Morgan fingerprint density at radius 3 is 3.04 bits per heavy atom. The van der Waals surface area contributed by atoms with Crippen LogP contribution in [0.15, 0.2) is 47.3 Å². The Kier molecular flexibility index (Phi) is 3.74. The van der Waals surface area contributed by atoms with Gasteiger partial charge in [-0.25, -0.2) is 0 Å². The topological polar surface area (TPSA) is 68.5 Å². The molecule has 1 amide bonds. The first-order valence-corrected chi connectivity index (χ1v) is 7.88.